The fraction of sp³-hybridized carbons (Fsp3) is 0.615. The molecule has 0 unspecified atom stereocenters. The second-order valence-electron chi connectivity index (χ2n) is 4.81. The fourth-order valence-corrected chi connectivity index (χ4v) is 2.60. The maximum Gasteiger partial charge on any atom is 0.287 e. The van der Waals surface area contributed by atoms with E-state index in [0.29, 0.717) is 19.0 Å². The first-order valence-electron chi connectivity index (χ1n) is 6.58. The lowest BCUT2D eigenvalue weighted by Crippen LogP contribution is -2.54. The number of carbonyl (C=O) groups excluding carboxylic acids is 1. The first kappa shape index (κ1) is 12.7. The third-order valence-electron chi connectivity index (χ3n) is 3.63. The minimum absolute atomic E-state index is 0.00991. The molecule has 0 saturated carbocycles. The molecule has 1 aromatic heterocycles. The summed E-state index contributed by atoms with van der Waals surface area (Å²) in [6.07, 6.45) is 1.50. The van der Waals surface area contributed by atoms with Crippen molar-refractivity contribution in [3.63, 3.8) is 0 Å². The molecule has 1 amide bonds. The molecule has 0 spiro atoms. The van der Waals surface area contributed by atoms with Crippen LogP contribution in [0.5, 0.6) is 0 Å². The summed E-state index contributed by atoms with van der Waals surface area (Å²) in [4.78, 5) is 14.3. The van der Waals surface area contributed by atoms with Crippen LogP contribution in [0.2, 0.25) is 0 Å². The summed E-state index contributed by atoms with van der Waals surface area (Å²) in [6.45, 7) is 4.48. The molecule has 3 rings (SSSR count). The lowest BCUT2D eigenvalue weighted by atomic mass is 10.1. The summed E-state index contributed by atoms with van der Waals surface area (Å²) < 4.78 is 16.0. The van der Waals surface area contributed by atoms with Crippen LogP contribution in [0.4, 0.5) is 0 Å². The quantitative estimate of drug-likeness (QED) is 0.841. The second kappa shape index (κ2) is 5.73. The van der Waals surface area contributed by atoms with Crippen LogP contribution < -0.4 is 5.32 Å². The van der Waals surface area contributed by atoms with E-state index in [2.05, 4.69) is 10.2 Å². The van der Waals surface area contributed by atoms with Crippen molar-refractivity contribution in [2.75, 3.05) is 39.5 Å². The Morgan fingerprint density at radius 1 is 1.26 bits per heavy atom. The van der Waals surface area contributed by atoms with E-state index in [1.807, 2.05) is 0 Å². The number of hydrogen-bond donors (Lipinski definition) is 1. The van der Waals surface area contributed by atoms with Gasteiger partial charge in [-0.25, -0.2) is 0 Å². The summed E-state index contributed by atoms with van der Waals surface area (Å²) in [5.74, 6) is 0.159. The van der Waals surface area contributed by atoms with Crippen LogP contribution in [0.3, 0.4) is 0 Å². The summed E-state index contributed by atoms with van der Waals surface area (Å²) in [5, 5.41) is 2.99. The molecule has 104 valence electrons. The zero-order chi connectivity index (χ0) is 13.1. The van der Waals surface area contributed by atoms with Gasteiger partial charge in [-0.2, -0.15) is 0 Å². The Kier molecular flexibility index (Phi) is 3.82. The van der Waals surface area contributed by atoms with Crippen molar-refractivity contribution >= 4 is 5.91 Å². The first-order valence-corrected chi connectivity index (χ1v) is 6.58. The van der Waals surface area contributed by atoms with E-state index in [9.17, 15) is 4.79 Å². The number of rotatable bonds is 3. The van der Waals surface area contributed by atoms with E-state index in [4.69, 9.17) is 13.9 Å². The molecule has 19 heavy (non-hydrogen) atoms. The Morgan fingerprint density at radius 3 is 2.84 bits per heavy atom. The molecule has 2 atom stereocenters. The number of ether oxygens (including phenoxy) is 2. The Balaban J connectivity index is 1.61. The Labute approximate surface area is 111 Å². The maximum atomic E-state index is 12.0. The van der Waals surface area contributed by atoms with Gasteiger partial charge in [-0.05, 0) is 12.1 Å². The number of carbonyl (C=O) groups is 1. The standard InChI is InChI=1S/C13H18N2O4/c16-13(12-2-1-5-19-12)14-10-8-18-9-11(10)15-3-6-17-7-4-15/h1-2,5,10-11H,3-4,6-9H2,(H,14,16)/t10-,11-/m0/s1. The summed E-state index contributed by atoms with van der Waals surface area (Å²) in [7, 11) is 0. The minimum Gasteiger partial charge on any atom is -0.459 e. The van der Waals surface area contributed by atoms with E-state index < -0.39 is 0 Å². The molecule has 2 fully saturated rings. The van der Waals surface area contributed by atoms with Gasteiger partial charge >= 0.3 is 0 Å². The average Bonchev–Trinajstić information content (AvgIpc) is 3.11. The zero-order valence-electron chi connectivity index (χ0n) is 10.7. The van der Waals surface area contributed by atoms with Gasteiger partial charge in [0.05, 0.1) is 44.8 Å². The topological polar surface area (TPSA) is 63.9 Å². The van der Waals surface area contributed by atoms with Crippen LogP contribution in [0.15, 0.2) is 22.8 Å². The van der Waals surface area contributed by atoms with Crippen molar-refractivity contribution in [2.45, 2.75) is 12.1 Å². The molecule has 6 heteroatoms. The largest absolute Gasteiger partial charge is 0.459 e. The van der Waals surface area contributed by atoms with Gasteiger partial charge in [-0.15, -0.1) is 0 Å². The number of amides is 1. The van der Waals surface area contributed by atoms with E-state index in [1.54, 1.807) is 12.1 Å². The second-order valence-corrected chi connectivity index (χ2v) is 4.81. The van der Waals surface area contributed by atoms with Crippen LogP contribution in [-0.2, 0) is 9.47 Å². The van der Waals surface area contributed by atoms with E-state index in [1.165, 1.54) is 6.26 Å². The molecule has 6 nitrogen and oxygen atoms in total. The smallest absolute Gasteiger partial charge is 0.287 e. The number of nitrogens with zero attached hydrogens (tertiary/aromatic N) is 1. The van der Waals surface area contributed by atoms with Crippen LogP contribution in [-0.4, -0.2) is 62.4 Å². The van der Waals surface area contributed by atoms with Gasteiger partial charge in [0.25, 0.3) is 5.91 Å². The summed E-state index contributed by atoms with van der Waals surface area (Å²) >= 11 is 0. The lowest BCUT2D eigenvalue weighted by molar-refractivity contribution is 0.0107. The van der Waals surface area contributed by atoms with Crippen LogP contribution >= 0.6 is 0 Å². The zero-order valence-corrected chi connectivity index (χ0v) is 10.7. The van der Waals surface area contributed by atoms with Crippen LogP contribution in [0, 0.1) is 0 Å². The van der Waals surface area contributed by atoms with Crippen molar-refractivity contribution in [3.05, 3.63) is 24.2 Å². The average molecular weight is 266 g/mol. The van der Waals surface area contributed by atoms with Gasteiger partial charge in [0.2, 0.25) is 0 Å². The number of hydrogen-bond acceptors (Lipinski definition) is 5. The van der Waals surface area contributed by atoms with Gasteiger partial charge < -0.3 is 19.2 Å². The molecule has 1 N–H and O–H groups in total. The molecule has 0 aliphatic carbocycles. The minimum atomic E-state index is -0.182. The SMILES string of the molecule is O=C(N[C@H]1COC[C@@H]1N1CCOCC1)c1ccco1. The highest BCUT2D eigenvalue weighted by Gasteiger charge is 2.35. The van der Waals surface area contributed by atoms with Crippen molar-refractivity contribution in [1.82, 2.24) is 10.2 Å². The van der Waals surface area contributed by atoms with Crippen molar-refractivity contribution < 1.29 is 18.7 Å². The van der Waals surface area contributed by atoms with Crippen molar-refractivity contribution in [3.8, 4) is 0 Å². The molecule has 0 aromatic carbocycles. The Hall–Kier alpha value is -1.37. The van der Waals surface area contributed by atoms with E-state index in [-0.39, 0.29) is 18.0 Å². The van der Waals surface area contributed by atoms with E-state index in [0.717, 1.165) is 26.3 Å². The van der Waals surface area contributed by atoms with Gasteiger partial charge in [-0.3, -0.25) is 9.69 Å². The van der Waals surface area contributed by atoms with Crippen LogP contribution in [0.25, 0.3) is 0 Å². The molecule has 0 bridgehead atoms. The third kappa shape index (κ3) is 2.80. The first-order chi connectivity index (χ1) is 9.34. The highest BCUT2D eigenvalue weighted by molar-refractivity contribution is 5.91. The normalized spacial score (nSPS) is 28.4. The Morgan fingerprint density at radius 2 is 2.11 bits per heavy atom. The van der Waals surface area contributed by atoms with Crippen molar-refractivity contribution in [1.29, 1.82) is 0 Å². The van der Waals surface area contributed by atoms with Gasteiger partial charge in [0.15, 0.2) is 5.76 Å². The monoisotopic (exact) mass is 266 g/mol. The molecular formula is C13H18N2O4. The Bertz CT molecular complexity index is 414. The van der Waals surface area contributed by atoms with Crippen molar-refractivity contribution in [2.24, 2.45) is 0 Å². The van der Waals surface area contributed by atoms with Gasteiger partial charge in [-0.1, -0.05) is 0 Å². The lowest BCUT2D eigenvalue weighted by Gasteiger charge is -2.34. The molecule has 2 saturated heterocycles. The van der Waals surface area contributed by atoms with Gasteiger partial charge in [0, 0.05) is 13.1 Å². The number of furan rings is 1. The maximum absolute atomic E-state index is 12.0. The van der Waals surface area contributed by atoms with E-state index >= 15 is 0 Å². The molecule has 3 heterocycles. The molecular weight excluding hydrogens is 248 g/mol. The summed E-state index contributed by atoms with van der Waals surface area (Å²) in [5.41, 5.74) is 0. The molecule has 1 aromatic rings. The molecule has 2 aliphatic heterocycles. The highest BCUT2D eigenvalue weighted by atomic mass is 16.5. The predicted octanol–water partition coefficient (Wildman–Crippen LogP) is 0.109. The molecule has 2 aliphatic rings. The van der Waals surface area contributed by atoms with Crippen LogP contribution in [0.1, 0.15) is 10.6 Å². The van der Waals surface area contributed by atoms with Gasteiger partial charge in [0.1, 0.15) is 0 Å². The molecule has 0 radical (unpaired) electrons. The predicted molar refractivity (Wildman–Crippen MR) is 67.0 cm³/mol. The number of morpholine rings is 1. The number of nitrogens with one attached hydrogen (secondary N) is 1. The summed E-state index contributed by atoms with van der Waals surface area (Å²) in [6, 6.07) is 3.60. The third-order valence-corrected chi connectivity index (χ3v) is 3.63. The highest BCUT2D eigenvalue weighted by Crippen LogP contribution is 2.15. The fourth-order valence-electron chi connectivity index (χ4n) is 2.60.